The Morgan fingerprint density at radius 2 is 2.11 bits per heavy atom. The van der Waals surface area contributed by atoms with Gasteiger partial charge in [0, 0.05) is 4.47 Å². The van der Waals surface area contributed by atoms with E-state index in [1.54, 1.807) is 13.8 Å². The number of halogens is 3. The van der Waals surface area contributed by atoms with Crippen molar-refractivity contribution in [1.82, 2.24) is 0 Å². The van der Waals surface area contributed by atoms with Gasteiger partial charge in [-0.3, -0.25) is 4.79 Å². The van der Waals surface area contributed by atoms with Crippen molar-refractivity contribution in [3.63, 3.8) is 0 Å². The van der Waals surface area contributed by atoms with Crippen molar-refractivity contribution in [3.8, 4) is 6.07 Å². The average Bonchev–Trinajstić information content (AvgIpc) is 2.36. The summed E-state index contributed by atoms with van der Waals surface area (Å²) in [4.78, 5) is 12.2. The van der Waals surface area contributed by atoms with Crippen molar-refractivity contribution in [2.45, 2.75) is 26.7 Å². The number of benzene rings is 1. The van der Waals surface area contributed by atoms with Crippen LogP contribution >= 0.6 is 27.5 Å². The van der Waals surface area contributed by atoms with Gasteiger partial charge >= 0.3 is 0 Å². The second kappa shape index (κ2) is 6.36. The fraction of sp³-hybridized carbons (Fsp3) is 0.385. The number of amides is 1. The highest BCUT2D eigenvalue weighted by molar-refractivity contribution is 9.10. The minimum absolute atomic E-state index is 0.0827. The van der Waals surface area contributed by atoms with Gasteiger partial charge in [0.2, 0.25) is 5.91 Å². The highest BCUT2D eigenvalue weighted by Crippen LogP contribution is 2.34. The molecule has 0 radical (unpaired) electrons. The van der Waals surface area contributed by atoms with Gasteiger partial charge in [-0.2, -0.15) is 5.26 Å². The van der Waals surface area contributed by atoms with E-state index in [4.69, 9.17) is 11.6 Å². The van der Waals surface area contributed by atoms with Crippen LogP contribution in [-0.2, 0) is 4.79 Å². The average molecular weight is 348 g/mol. The van der Waals surface area contributed by atoms with Crippen LogP contribution in [0.1, 0.15) is 26.7 Å². The lowest BCUT2D eigenvalue weighted by molar-refractivity contribution is -0.123. The minimum Gasteiger partial charge on any atom is -0.322 e. The van der Waals surface area contributed by atoms with Crippen LogP contribution in [0.4, 0.5) is 10.1 Å². The molecule has 0 bridgehead atoms. The number of hydrogen-bond donors (Lipinski definition) is 1. The van der Waals surface area contributed by atoms with E-state index in [1.807, 2.05) is 6.07 Å². The zero-order chi connectivity index (χ0) is 14.6. The molecule has 0 aliphatic carbocycles. The third kappa shape index (κ3) is 3.26. The Morgan fingerprint density at radius 3 is 2.53 bits per heavy atom. The molecule has 0 heterocycles. The molecule has 1 amide bonds. The molecule has 0 aliphatic heterocycles. The van der Waals surface area contributed by atoms with Gasteiger partial charge in [0.25, 0.3) is 0 Å². The molecule has 0 saturated heterocycles. The highest BCUT2D eigenvalue weighted by Gasteiger charge is 2.35. The van der Waals surface area contributed by atoms with Crippen LogP contribution in [0.2, 0.25) is 5.02 Å². The van der Waals surface area contributed by atoms with Gasteiger partial charge in [-0.05, 0) is 40.9 Å². The standard InChI is InChI=1S/C13H13BrClFN2O/c1-3-13(4-2,7-17)12(19)18-11-9(14)5-8(16)6-10(11)15/h5-6H,3-4H2,1-2H3,(H,18,19). The molecule has 1 aromatic rings. The first-order valence-corrected chi connectivity index (χ1v) is 6.94. The molecular weight excluding hydrogens is 335 g/mol. The molecule has 0 saturated carbocycles. The SMILES string of the molecule is CCC(C#N)(CC)C(=O)Nc1c(Cl)cc(F)cc1Br. The molecule has 3 nitrogen and oxygen atoms in total. The largest absolute Gasteiger partial charge is 0.322 e. The summed E-state index contributed by atoms with van der Waals surface area (Å²) < 4.78 is 13.4. The smallest absolute Gasteiger partial charge is 0.244 e. The van der Waals surface area contributed by atoms with Crippen molar-refractivity contribution < 1.29 is 9.18 Å². The summed E-state index contributed by atoms with van der Waals surface area (Å²) in [6, 6.07) is 4.35. The van der Waals surface area contributed by atoms with E-state index in [-0.39, 0.29) is 10.7 Å². The normalized spacial score (nSPS) is 10.9. The Morgan fingerprint density at radius 1 is 1.53 bits per heavy atom. The van der Waals surface area contributed by atoms with E-state index in [9.17, 15) is 14.4 Å². The van der Waals surface area contributed by atoms with Gasteiger partial charge in [-0.15, -0.1) is 0 Å². The number of carbonyl (C=O) groups is 1. The number of nitriles is 1. The molecule has 6 heteroatoms. The van der Waals surface area contributed by atoms with Crippen LogP contribution in [0.3, 0.4) is 0 Å². The zero-order valence-electron chi connectivity index (χ0n) is 10.6. The van der Waals surface area contributed by atoms with Crippen LogP contribution in [-0.4, -0.2) is 5.91 Å². The molecule has 19 heavy (non-hydrogen) atoms. The van der Waals surface area contributed by atoms with Gasteiger partial charge in [-0.25, -0.2) is 4.39 Å². The molecule has 1 rings (SSSR count). The van der Waals surface area contributed by atoms with E-state index >= 15 is 0 Å². The summed E-state index contributed by atoms with van der Waals surface area (Å²) in [5.74, 6) is -0.943. The molecule has 102 valence electrons. The van der Waals surface area contributed by atoms with Gasteiger partial charge < -0.3 is 5.32 Å². The molecule has 0 aliphatic rings. The highest BCUT2D eigenvalue weighted by atomic mass is 79.9. The van der Waals surface area contributed by atoms with Crippen LogP contribution in [0.25, 0.3) is 0 Å². The van der Waals surface area contributed by atoms with Crippen molar-refractivity contribution in [2.24, 2.45) is 5.41 Å². The number of nitrogens with zero attached hydrogens (tertiary/aromatic N) is 1. The second-order valence-corrected chi connectivity index (χ2v) is 5.36. The maximum Gasteiger partial charge on any atom is 0.244 e. The van der Waals surface area contributed by atoms with E-state index < -0.39 is 17.1 Å². The van der Waals surface area contributed by atoms with E-state index in [1.165, 1.54) is 6.07 Å². The lowest BCUT2D eigenvalue weighted by Gasteiger charge is -2.22. The number of hydrogen-bond acceptors (Lipinski definition) is 2. The molecule has 1 aromatic carbocycles. The maximum absolute atomic E-state index is 13.1. The number of carbonyl (C=O) groups excluding carboxylic acids is 1. The predicted octanol–water partition coefficient (Wildman–Crippen LogP) is 4.51. The third-order valence-corrected chi connectivity index (χ3v) is 4.02. The van der Waals surface area contributed by atoms with Crippen molar-refractivity contribution in [3.05, 3.63) is 27.4 Å². The topological polar surface area (TPSA) is 52.9 Å². The molecule has 0 aromatic heterocycles. The van der Waals surface area contributed by atoms with Gasteiger partial charge in [0.15, 0.2) is 0 Å². The lowest BCUT2D eigenvalue weighted by Crippen LogP contribution is -2.34. The van der Waals surface area contributed by atoms with Crippen LogP contribution in [0.5, 0.6) is 0 Å². The van der Waals surface area contributed by atoms with Crippen LogP contribution in [0.15, 0.2) is 16.6 Å². The molecule has 0 fully saturated rings. The summed E-state index contributed by atoms with van der Waals surface area (Å²) in [5, 5.41) is 11.9. The van der Waals surface area contributed by atoms with Crippen LogP contribution < -0.4 is 5.32 Å². The molecule has 0 atom stereocenters. The summed E-state index contributed by atoms with van der Waals surface area (Å²) in [7, 11) is 0. The number of nitrogens with one attached hydrogen (secondary N) is 1. The zero-order valence-corrected chi connectivity index (χ0v) is 12.9. The summed E-state index contributed by atoms with van der Waals surface area (Å²) in [6.07, 6.45) is 0.782. The van der Waals surface area contributed by atoms with Gasteiger partial charge in [-0.1, -0.05) is 25.4 Å². The van der Waals surface area contributed by atoms with E-state index in [2.05, 4.69) is 21.2 Å². The summed E-state index contributed by atoms with van der Waals surface area (Å²) in [6.45, 7) is 3.54. The van der Waals surface area contributed by atoms with Crippen molar-refractivity contribution in [2.75, 3.05) is 5.32 Å². The second-order valence-electron chi connectivity index (χ2n) is 4.10. The Balaban J connectivity index is 3.11. The Bertz CT molecular complexity index is 515. The Kier molecular flexibility index (Phi) is 5.33. The molecule has 0 unspecified atom stereocenters. The molecule has 0 spiro atoms. The van der Waals surface area contributed by atoms with E-state index in [0.717, 1.165) is 6.07 Å². The van der Waals surface area contributed by atoms with Crippen LogP contribution in [0, 0.1) is 22.6 Å². The third-order valence-electron chi connectivity index (χ3n) is 3.10. The minimum atomic E-state index is -1.10. The fourth-order valence-corrected chi connectivity index (χ4v) is 2.57. The monoisotopic (exact) mass is 346 g/mol. The molecule has 1 N–H and O–H groups in total. The molecular formula is C13H13BrClFN2O. The van der Waals surface area contributed by atoms with Crippen molar-refractivity contribution in [1.29, 1.82) is 5.26 Å². The first-order valence-electron chi connectivity index (χ1n) is 5.77. The van der Waals surface area contributed by atoms with Crippen molar-refractivity contribution >= 4 is 39.1 Å². The van der Waals surface area contributed by atoms with Gasteiger partial charge in [0.1, 0.15) is 11.2 Å². The number of anilines is 1. The first-order chi connectivity index (χ1) is 8.90. The predicted molar refractivity (Wildman–Crippen MR) is 76.4 cm³/mol. The first kappa shape index (κ1) is 15.9. The quantitative estimate of drug-likeness (QED) is 0.871. The Labute approximate surface area is 124 Å². The lowest BCUT2D eigenvalue weighted by atomic mass is 9.83. The number of rotatable bonds is 4. The van der Waals surface area contributed by atoms with Gasteiger partial charge in [0.05, 0.1) is 16.8 Å². The summed E-state index contributed by atoms with van der Waals surface area (Å²) in [5.41, 5.74) is -0.827. The Hall–Kier alpha value is -1.12. The maximum atomic E-state index is 13.1. The van der Waals surface area contributed by atoms with E-state index in [0.29, 0.717) is 17.3 Å². The fourth-order valence-electron chi connectivity index (χ4n) is 1.67. The summed E-state index contributed by atoms with van der Waals surface area (Å²) >= 11 is 9.03.